The van der Waals surface area contributed by atoms with Crippen LogP contribution in [0.3, 0.4) is 0 Å². The van der Waals surface area contributed by atoms with Gasteiger partial charge in [0.25, 0.3) is 10.0 Å². The number of benzene rings is 2. The first-order valence-electron chi connectivity index (χ1n) is 8.54. The molecule has 0 spiro atoms. The smallest absolute Gasteiger partial charge is 0.338 e. The zero-order chi connectivity index (χ0) is 19.5. The summed E-state index contributed by atoms with van der Waals surface area (Å²) < 4.78 is 33.5. The van der Waals surface area contributed by atoms with E-state index in [0.29, 0.717) is 22.8 Å². The van der Waals surface area contributed by atoms with Gasteiger partial charge in [-0.25, -0.2) is 13.2 Å². The summed E-state index contributed by atoms with van der Waals surface area (Å²) in [5.41, 5.74) is 4.13. The fourth-order valence-corrected chi connectivity index (χ4v) is 4.42. The maximum absolute atomic E-state index is 12.9. The monoisotopic (exact) mass is 375 g/mol. The summed E-state index contributed by atoms with van der Waals surface area (Å²) >= 11 is 0. The Kier molecular flexibility index (Phi) is 6.08. The summed E-state index contributed by atoms with van der Waals surface area (Å²) in [6.07, 6.45) is 0.748. The molecule has 0 amide bonds. The lowest BCUT2D eigenvalue weighted by Crippen LogP contribution is -2.17. The van der Waals surface area contributed by atoms with Crippen molar-refractivity contribution in [3.05, 3.63) is 58.1 Å². The fourth-order valence-electron chi connectivity index (χ4n) is 2.74. The summed E-state index contributed by atoms with van der Waals surface area (Å²) in [6, 6.07) is 8.22. The van der Waals surface area contributed by atoms with E-state index >= 15 is 0 Å². The number of carbonyl (C=O) groups is 1. The number of rotatable bonds is 6. The normalized spacial score (nSPS) is 11.3. The third kappa shape index (κ3) is 4.25. The van der Waals surface area contributed by atoms with Crippen LogP contribution in [-0.4, -0.2) is 21.0 Å². The third-order valence-corrected chi connectivity index (χ3v) is 6.03. The molecule has 0 fully saturated rings. The Balaban J connectivity index is 2.30. The summed E-state index contributed by atoms with van der Waals surface area (Å²) in [6.45, 7) is 9.70. The van der Waals surface area contributed by atoms with Crippen LogP contribution in [0.5, 0.6) is 0 Å². The van der Waals surface area contributed by atoms with E-state index in [2.05, 4.69) is 4.72 Å². The molecule has 0 aromatic heterocycles. The minimum atomic E-state index is -3.73. The van der Waals surface area contributed by atoms with Gasteiger partial charge in [0.2, 0.25) is 0 Å². The quantitative estimate of drug-likeness (QED) is 0.765. The largest absolute Gasteiger partial charge is 0.462 e. The number of anilines is 1. The number of esters is 1. The van der Waals surface area contributed by atoms with E-state index in [4.69, 9.17) is 4.74 Å². The molecule has 5 nitrogen and oxygen atoms in total. The van der Waals surface area contributed by atoms with Crippen molar-refractivity contribution < 1.29 is 17.9 Å². The minimum Gasteiger partial charge on any atom is -0.462 e. The van der Waals surface area contributed by atoms with Crippen LogP contribution in [0.25, 0.3) is 0 Å². The second-order valence-corrected chi connectivity index (χ2v) is 8.03. The topological polar surface area (TPSA) is 72.5 Å². The molecule has 0 unspecified atom stereocenters. The molecule has 6 heteroatoms. The average Bonchev–Trinajstić information content (AvgIpc) is 2.58. The van der Waals surface area contributed by atoms with Crippen LogP contribution in [0.15, 0.2) is 35.2 Å². The van der Waals surface area contributed by atoms with Gasteiger partial charge in [0.05, 0.1) is 17.1 Å². The lowest BCUT2D eigenvalue weighted by molar-refractivity contribution is 0.0505. The second-order valence-electron chi connectivity index (χ2n) is 6.41. The Labute approximate surface area is 155 Å². The van der Waals surface area contributed by atoms with Crippen LogP contribution in [0.1, 0.15) is 46.0 Å². The van der Waals surface area contributed by atoms with Crippen LogP contribution in [0.2, 0.25) is 0 Å². The van der Waals surface area contributed by atoms with Gasteiger partial charge >= 0.3 is 5.97 Å². The molecule has 1 N–H and O–H groups in total. The molecule has 2 rings (SSSR count). The van der Waals surface area contributed by atoms with Crippen molar-refractivity contribution in [1.82, 2.24) is 0 Å². The maximum Gasteiger partial charge on any atom is 0.338 e. The highest BCUT2D eigenvalue weighted by Crippen LogP contribution is 2.28. The molecule has 0 bridgehead atoms. The number of hydrogen-bond donors (Lipinski definition) is 1. The van der Waals surface area contributed by atoms with E-state index in [1.807, 2.05) is 40.7 Å². The van der Waals surface area contributed by atoms with Crippen molar-refractivity contribution >= 4 is 21.7 Å². The number of ether oxygens (including phenoxy) is 1. The maximum atomic E-state index is 12.9. The Hall–Kier alpha value is -2.34. The van der Waals surface area contributed by atoms with Gasteiger partial charge in [-0.2, -0.15) is 0 Å². The number of nitrogens with one attached hydrogen (secondary N) is 1. The molecule has 2 aromatic rings. The van der Waals surface area contributed by atoms with Crippen LogP contribution in [-0.2, 0) is 14.8 Å². The van der Waals surface area contributed by atoms with Gasteiger partial charge in [-0.3, -0.25) is 4.72 Å². The first-order chi connectivity index (χ1) is 12.2. The average molecular weight is 375 g/mol. The van der Waals surface area contributed by atoms with Crippen LogP contribution in [0.4, 0.5) is 5.69 Å². The van der Waals surface area contributed by atoms with Crippen LogP contribution >= 0.6 is 0 Å². The van der Waals surface area contributed by atoms with Gasteiger partial charge in [0.1, 0.15) is 0 Å². The molecule has 0 atom stereocenters. The van der Waals surface area contributed by atoms with E-state index in [1.54, 1.807) is 24.3 Å². The molecule has 0 heterocycles. The molecule has 0 radical (unpaired) electrons. The van der Waals surface area contributed by atoms with E-state index in [1.165, 1.54) is 0 Å². The van der Waals surface area contributed by atoms with Crippen molar-refractivity contribution in [2.75, 3.05) is 11.3 Å². The molecule has 140 valence electrons. The number of sulfonamides is 1. The molecule has 2 aromatic carbocycles. The summed E-state index contributed by atoms with van der Waals surface area (Å²) in [4.78, 5) is 12.1. The second kappa shape index (κ2) is 7.91. The molecule has 26 heavy (non-hydrogen) atoms. The molecule has 0 aliphatic rings. The first-order valence-corrected chi connectivity index (χ1v) is 10.0. The first kappa shape index (κ1) is 20.0. The Bertz CT molecular complexity index is 890. The Morgan fingerprint density at radius 1 is 1.00 bits per heavy atom. The van der Waals surface area contributed by atoms with Crippen molar-refractivity contribution in [3.8, 4) is 0 Å². The molecular weight excluding hydrogens is 350 g/mol. The SMILES string of the molecule is CCCOC(=O)c1ccc(NS(=O)(=O)c2c(C)c(C)cc(C)c2C)cc1. The number of hydrogen-bond acceptors (Lipinski definition) is 4. The van der Waals surface area contributed by atoms with Gasteiger partial charge in [0.15, 0.2) is 0 Å². The minimum absolute atomic E-state index is 0.307. The van der Waals surface area contributed by atoms with Crippen molar-refractivity contribution in [2.45, 2.75) is 45.9 Å². The summed E-state index contributed by atoms with van der Waals surface area (Å²) in [5.74, 6) is -0.415. The standard InChI is InChI=1S/C20H25NO4S/c1-6-11-25-20(22)17-7-9-18(10-8-17)21-26(23,24)19-15(4)13(2)12-14(3)16(19)5/h7-10,12,21H,6,11H2,1-5H3. The van der Waals surface area contributed by atoms with Crippen molar-refractivity contribution in [1.29, 1.82) is 0 Å². The molecule has 0 aliphatic carbocycles. The van der Waals surface area contributed by atoms with Gasteiger partial charge in [0, 0.05) is 5.69 Å². The molecule has 0 aliphatic heterocycles. The van der Waals surface area contributed by atoms with Crippen molar-refractivity contribution in [3.63, 3.8) is 0 Å². The fraction of sp³-hybridized carbons (Fsp3) is 0.350. The zero-order valence-electron chi connectivity index (χ0n) is 15.8. The third-order valence-electron chi connectivity index (χ3n) is 4.38. The van der Waals surface area contributed by atoms with Crippen LogP contribution in [0, 0.1) is 27.7 Å². The van der Waals surface area contributed by atoms with E-state index in [0.717, 1.165) is 28.7 Å². The van der Waals surface area contributed by atoms with E-state index < -0.39 is 16.0 Å². The highest BCUT2D eigenvalue weighted by Gasteiger charge is 2.22. The van der Waals surface area contributed by atoms with Gasteiger partial charge in [-0.15, -0.1) is 0 Å². The van der Waals surface area contributed by atoms with E-state index in [-0.39, 0.29) is 0 Å². The lowest BCUT2D eigenvalue weighted by atomic mass is 10.0. The number of aryl methyl sites for hydroxylation is 2. The highest BCUT2D eigenvalue weighted by molar-refractivity contribution is 7.92. The zero-order valence-corrected chi connectivity index (χ0v) is 16.7. The Morgan fingerprint density at radius 3 is 2.04 bits per heavy atom. The Morgan fingerprint density at radius 2 is 1.54 bits per heavy atom. The lowest BCUT2D eigenvalue weighted by Gasteiger charge is -2.17. The van der Waals surface area contributed by atoms with Gasteiger partial charge in [-0.1, -0.05) is 13.0 Å². The molecule has 0 saturated heterocycles. The summed E-state index contributed by atoms with van der Waals surface area (Å²) in [7, 11) is -3.73. The predicted octanol–water partition coefficient (Wildman–Crippen LogP) is 4.29. The van der Waals surface area contributed by atoms with Crippen molar-refractivity contribution in [2.24, 2.45) is 0 Å². The number of carbonyl (C=O) groups excluding carboxylic acids is 1. The van der Waals surface area contributed by atoms with Gasteiger partial charge < -0.3 is 4.74 Å². The highest BCUT2D eigenvalue weighted by atomic mass is 32.2. The summed E-state index contributed by atoms with van der Waals surface area (Å²) in [5, 5.41) is 0. The molecule has 0 saturated carbocycles. The van der Waals surface area contributed by atoms with Crippen LogP contribution < -0.4 is 4.72 Å². The molecular formula is C20H25NO4S. The predicted molar refractivity (Wildman–Crippen MR) is 103 cm³/mol. The van der Waals surface area contributed by atoms with Gasteiger partial charge in [-0.05, 0) is 80.6 Å². The van der Waals surface area contributed by atoms with E-state index in [9.17, 15) is 13.2 Å².